The van der Waals surface area contributed by atoms with Crippen LogP contribution in [0.2, 0.25) is 0 Å². The van der Waals surface area contributed by atoms with Crippen molar-refractivity contribution in [2.45, 2.75) is 40.5 Å². The van der Waals surface area contributed by atoms with Gasteiger partial charge in [-0.1, -0.05) is 30.2 Å². The third-order valence-corrected chi connectivity index (χ3v) is 1.87. The van der Waals surface area contributed by atoms with E-state index >= 15 is 0 Å². The first kappa shape index (κ1) is 9.48. The van der Waals surface area contributed by atoms with E-state index in [0.29, 0.717) is 0 Å². The standard InChI is InChI=1S/C10H18/c1-6-9(4)7-10(5)8(2)3/h4,6-7H2,1-3,5H3. The Balaban J connectivity index is 3.92. The van der Waals surface area contributed by atoms with E-state index in [1.807, 2.05) is 0 Å². The molecule has 0 heteroatoms. The van der Waals surface area contributed by atoms with E-state index in [4.69, 9.17) is 0 Å². The zero-order valence-corrected chi connectivity index (χ0v) is 7.62. The van der Waals surface area contributed by atoms with Crippen LogP contribution in [0.25, 0.3) is 0 Å². The van der Waals surface area contributed by atoms with Gasteiger partial charge in [0.1, 0.15) is 0 Å². The summed E-state index contributed by atoms with van der Waals surface area (Å²) in [5.41, 5.74) is 4.22. The Labute approximate surface area is 64.6 Å². The van der Waals surface area contributed by atoms with Crippen LogP contribution < -0.4 is 0 Å². The third-order valence-electron chi connectivity index (χ3n) is 1.87. The molecule has 0 N–H and O–H groups in total. The molecular formula is C10H18. The monoisotopic (exact) mass is 138 g/mol. The van der Waals surface area contributed by atoms with E-state index in [1.165, 1.54) is 16.7 Å². The SMILES string of the molecule is C=C(CC)CC(C)=C(C)C. The van der Waals surface area contributed by atoms with Crippen LogP contribution in [0.15, 0.2) is 23.3 Å². The lowest BCUT2D eigenvalue weighted by Gasteiger charge is -2.04. The highest BCUT2D eigenvalue weighted by atomic mass is 14.0. The Kier molecular flexibility index (Phi) is 4.10. The van der Waals surface area contributed by atoms with E-state index in [2.05, 4.69) is 34.3 Å². The van der Waals surface area contributed by atoms with Crippen molar-refractivity contribution >= 4 is 0 Å². The summed E-state index contributed by atoms with van der Waals surface area (Å²) in [6, 6.07) is 0. The van der Waals surface area contributed by atoms with Crippen LogP contribution in [0.4, 0.5) is 0 Å². The predicted molar refractivity (Wildman–Crippen MR) is 48.1 cm³/mol. The van der Waals surface area contributed by atoms with Gasteiger partial charge >= 0.3 is 0 Å². The molecule has 0 bridgehead atoms. The fraction of sp³-hybridized carbons (Fsp3) is 0.600. The van der Waals surface area contributed by atoms with Crippen molar-refractivity contribution in [1.29, 1.82) is 0 Å². The van der Waals surface area contributed by atoms with Gasteiger partial charge in [-0.15, -0.1) is 0 Å². The van der Waals surface area contributed by atoms with Crippen LogP contribution in [0.3, 0.4) is 0 Å². The number of hydrogen-bond donors (Lipinski definition) is 0. The van der Waals surface area contributed by atoms with E-state index < -0.39 is 0 Å². The highest BCUT2D eigenvalue weighted by Gasteiger charge is 1.94. The first-order valence-electron chi connectivity index (χ1n) is 3.87. The topological polar surface area (TPSA) is 0 Å². The molecule has 0 unspecified atom stereocenters. The molecular weight excluding hydrogens is 120 g/mol. The summed E-state index contributed by atoms with van der Waals surface area (Å²) >= 11 is 0. The molecule has 0 aromatic rings. The van der Waals surface area contributed by atoms with Gasteiger partial charge in [-0.05, 0) is 33.6 Å². The van der Waals surface area contributed by atoms with Crippen molar-refractivity contribution in [1.82, 2.24) is 0 Å². The maximum Gasteiger partial charge on any atom is -0.0112 e. The molecule has 0 saturated carbocycles. The van der Waals surface area contributed by atoms with Crippen molar-refractivity contribution in [3.8, 4) is 0 Å². The zero-order chi connectivity index (χ0) is 8.15. The lowest BCUT2D eigenvalue weighted by molar-refractivity contribution is 0.980. The van der Waals surface area contributed by atoms with Crippen LogP contribution in [-0.2, 0) is 0 Å². The predicted octanol–water partition coefficient (Wildman–Crippen LogP) is 3.70. The normalized spacial score (nSPS) is 9.20. The summed E-state index contributed by atoms with van der Waals surface area (Å²) in [6.45, 7) is 12.6. The smallest absolute Gasteiger partial charge is 0.0112 e. The van der Waals surface area contributed by atoms with Gasteiger partial charge in [0.15, 0.2) is 0 Å². The van der Waals surface area contributed by atoms with Crippen molar-refractivity contribution in [3.63, 3.8) is 0 Å². The minimum atomic E-state index is 1.08. The number of allylic oxidation sites excluding steroid dienone is 3. The Morgan fingerprint density at radius 3 is 2.00 bits per heavy atom. The zero-order valence-electron chi connectivity index (χ0n) is 7.62. The minimum absolute atomic E-state index is 1.08. The van der Waals surface area contributed by atoms with Crippen molar-refractivity contribution in [3.05, 3.63) is 23.3 Å². The second-order valence-corrected chi connectivity index (χ2v) is 3.06. The summed E-state index contributed by atoms with van der Waals surface area (Å²) in [5.74, 6) is 0. The Morgan fingerprint density at radius 1 is 1.20 bits per heavy atom. The first-order chi connectivity index (χ1) is 4.57. The van der Waals surface area contributed by atoms with Crippen LogP contribution in [0.5, 0.6) is 0 Å². The average Bonchev–Trinajstić information content (AvgIpc) is 1.87. The second-order valence-electron chi connectivity index (χ2n) is 3.06. The number of rotatable bonds is 3. The molecule has 0 aromatic heterocycles. The highest BCUT2D eigenvalue weighted by Crippen LogP contribution is 2.14. The van der Waals surface area contributed by atoms with Gasteiger partial charge < -0.3 is 0 Å². The van der Waals surface area contributed by atoms with Crippen molar-refractivity contribution in [2.24, 2.45) is 0 Å². The third kappa shape index (κ3) is 3.49. The van der Waals surface area contributed by atoms with Crippen LogP contribution in [0, 0.1) is 0 Å². The van der Waals surface area contributed by atoms with Crippen molar-refractivity contribution < 1.29 is 0 Å². The molecule has 58 valence electrons. The van der Waals surface area contributed by atoms with Crippen LogP contribution in [-0.4, -0.2) is 0 Å². The molecule has 10 heavy (non-hydrogen) atoms. The number of hydrogen-bond acceptors (Lipinski definition) is 0. The molecule has 0 radical (unpaired) electrons. The average molecular weight is 138 g/mol. The quantitative estimate of drug-likeness (QED) is 0.522. The Bertz CT molecular complexity index is 145. The molecule has 0 aliphatic heterocycles. The largest absolute Gasteiger partial charge is 0.0995 e. The molecule has 0 aliphatic carbocycles. The van der Waals surface area contributed by atoms with Gasteiger partial charge in [0.25, 0.3) is 0 Å². The van der Waals surface area contributed by atoms with Crippen molar-refractivity contribution in [2.75, 3.05) is 0 Å². The minimum Gasteiger partial charge on any atom is -0.0995 e. The lowest BCUT2D eigenvalue weighted by Crippen LogP contribution is -1.83. The van der Waals surface area contributed by atoms with Gasteiger partial charge in [0, 0.05) is 0 Å². The maximum atomic E-state index is 3.96. The van der Waals surface area contributed by atoms with Gasteiger partial charge in [0.2, 0.25) is 0 Å². The van der Waals surface area contributed by atoms with Gasteiger partial charge in [0.05, 0.1) is 0 Å². The van der Waals surface area contributed by atoms with E-state index in [1.54, 1.807) is 0 Å². The van der Waals surface area contributed by atoms with E-state index in [9.17, 15) is 0 Å². The van der Waals surface area contributed by atoms with E-state index in [-0.39, 0.29) is 0 Å². The summed E-state index contributed by atoms with van der Waals surface area (Å²) in [5, 5.41) is 0. The van der Waals surface area contributed by atoms with E-state index in [0.717, 1.165) is 12.8 Å². The maximum absolute atomic E-state index is 3.96. The molecule has 0 saturated heterocycles. The molecule has 0 aromatic carbocycles. The molecule has 0 atom stereocenters. The second kappa shape index (κ2) is 4.32. The molecule has 0 fully saturated rings. The molecule has 0 heterocycles. The molecule has 0 aliphatic rings. The lowest BCUT2D eigenvalue weighted by atomic mass is 10.0. The first-order valence-corrected chi connectivity index (χ1v) is 3.87. The molecule has 0 spiro atoms. The van der Waals surface area contributed by atoms with Gasteiger partial charge in [-0.3, -0.25) is 0 Å². The summed E-state index contributed by atoms with van der Waals surface area (Å²) in [4.78, 5) is 0. The summed E-state index contributed by atoms with van der Waals surface area (Å²) in [6.07, 6.45) is 2.18. The fourth-order valence-electron chi connectivity index (χ4n) is 0.677. The van der Waals surface area contributed by atoms with Crippen LogP contribution >= 0.6 is 0 Å². The summed E-state index contributed by atoms with van der Waals surface area (Å²) < 4.78 is 0. The summed E-state index contributed by atoms with van der Waals surface area (Å²) in [7, 11) is 0. The van der Waals surface area contributed by atoms with Gasteiger partial charge in [-0.25, -0.2) is 0 Å². The Hall–Kier alpha value is -0.520. The Morgan fingerprint density at radius 2 is 1.70 bits per heavy atom. The molecule has 0 amide bonds. The van der Waals surface area contributed by atoms with Gasteiger partial charge in [-0.2, -0.15) is 0 Å². The molecule has 0 rings (SSSR count). The fourth-order valence-corrected chi connectivity index (χ4v) is 0.677. The highest BCUT2D eigenvalue weighted by molar-refractivity contribution is 5.14. The molecule has 0 nitrogen and oxygen atoms in total. The van der Waals surface area contributed by atoms with Crippen LogP contribution in [0.1, 0.15) is 40.5 Å².